The van der Waals surface area contributed by atoms with Gasteiger partial charge in [0, 0.05) is 19.3 Å². The highest BCUT2D eigenvalue weighted by Crippen LogP contribution is 2.34. The number of carbonyl (C=O) groups excluding carboxylic acids is 2. The molecule has 1 aliphatic rings. The predicted molar refractivity (Wildman–Crippen MR) is 84.2 cm³/mol. The number of amides is 1. The molecular weight excluding hydrogens is 284 g/mol. The molecule has 2 rings (SSSR count). The molecule has 6 heteroatoms. The van der Waals surface area contributed by atoms with Gasteiger partial charge in [0.1, 0.15) is 0 Å². The molecule has 0 bridgehead atoms. The Morgan fingerprint density at radius 1 is 1.36 bits per heavy atom. The van der Waals surface area contributed by atoms with Crippen molar-refractivity contribution in [3.05, 3.63) is 36.0 Å². The number of allylic oxidation sites excluding steroid dienone is 1. The summed E-state index contributed by atoms with van der Waals surface area (Å²) in [5.41, 5.74) is 1.71. The van der Waals surface area contributed by atoms with E-state index in [9.17, 15) is 9.59 Å². The highest BCUT2D eigenvalue weighted by atomic mass is 16.5. The number of benzene rings is 1. The van der Waals surface area contributed by atoms with Crippen LogP contribution in [-0.4, -0.2) is 45.8 Å². The second kappa shape index (κ2) is 7.61. The maximum absolute atomic E-state index is 12.1. The van der Waals surface area contributed by atoms with Crippen molar-refractivity contribution in [2.75, 3.05) is 43.2 Å². The Kier molecular flexibility index (Phi) is 5.55. The summed E-state index contributed by atoms with van der Waals surface area (Å²) in [6, 6.07) is 5.34. The lowest BCUT2D eigenvalue weighted by molar-refractivity contribution is -0.106. The first-order valence-corrected chi connectivity index (χ1v) is 7.13. The summed E-state index contributed by atoms with van der Waals surface area (Å²) in [5.74, 6) is -0.471. The molecule has 0 atom stereocenters. The van der Waals surface area contributed by atoms with Crippen LogP contribution in [0.4, 0.5) is 11.4 Å². The molecule has 1 aromatic carbocycles. The molecule has 0 spiro atoms. The maximum atomic E-state index is 12.1. The highest BCUT2D eigenvalue weighted by Gasteiger charge is 2.23. The van der Waals surface area contributed by atoms with Crippen LogP contribution in [0.15, 0.2) is 30.5 Å². The Morgan fingerprint density at radius 3 is 2.68 bits per heavy atom. The zero-order valence-electron chi connectivity index (χ0n) is 12.8. The first-order chi connectivity index (χ1) is 10.7. The van der Waals surface area contributed by atoms with Crippen LogP contribution in [0.5, 0.6) is 0 Å². The standard InChI is InChI=1S/C16H20N2O4/c1-3-7-18(12-19)15-13(16(20)21-2)5-4-6-14(15)17-8-10-22-11-9-17/h3-7,12H,8-11H2,1-2H3. The molecule has 118 valence electrons. The number of ether oxygens (including phenoxy) is 2. The van der Waals surface area contributed by atoms with Gasteiger partial charge in [0.2, 0.25) is 6.41 Å². The number of methoxy groups -OCH3 is 1. The van der Waals surface area contributed by atoms with E-state index in [-0.39, 0.29) is 0 Å². The van der Waals surface area contributed by atoms with E-state index in [0.29, 0.717) is 44.0 Å². The van der Waals surface area contributed by atoms with Gasteiger partial charge < -0.3 is 14.4 Å². The maximum Gasteiger partial charge on any atom is 0.340 e. The van der Waals surface area contributed by atoms with Gasteiger partial charge in [-0.25, -0.2) is 4.79 Å². The molecule has 1 aromatic rings. The Morgan fingerprint density at radius 2 is 2.09 bits per heavy atom. The Labute approximate surface area is 129 Å². The minimum atomic E-state index is -0.471. The number of hydrogen-bond acceptors (Lipinski definition) is 5. The van der Waals surface area contributed by atoms with E-state index in [4.69, 9.17) is 9.47 Å². The first kappa shape index (κ1) is 16.0. The monoisotopic (exact) mass is 304 g/mol. The van der Waals surface area contributed by atoms with E-state index in [1.807, 2.05) is 13.0 Å². The van der Waals surface area contributed by atoms with Crippen molar-refractivity contribution in [1.82, 2.24) is 0 Å². The lowest BCUT2D eigenvalue weighted by atomic mass is 10.1. The van der Waals surface area contributed by atoms with Crippen LogP contribution in [0, 0.1) is 0 Å². The summed E-state index contributed by atoms with van der Waals surface area (Å²) < 4.78 is 10.2. The molecule has 0 unspecified atom stereocenters. The van der Waals surface area contributed by atoms with E-state index in [1.54, 1.807) is 24.4 Å². The van der Waals surface area contributed by atoms with Crippen molar-refractivity contribution in [3.8, 4) is 0 Å². The number of rotatable bonds is 5. The van der Waals surface area contributed by atoms with Crippen LogP contribution in [0.3, 0.4) is 0 Å². The van der Waals surface area contributed by atoms with E-state index in [2.05, 4.69) is 4.90 Å². The number of nitrogens with zero attached hydrogens (tertiary/aromatic N) is 2. The number of anilines is 2. The van der Waals surface area contributed by atoms with Gasteiger partial charge in [0.05, 0.1) is 37.3 Å². The second-order valence-electron chi connectivity index (χ2n) is 4.76. The normalized spacial score (nSPS) is 14.9. The van der Waals surface area contributed by atoms with Gasteiger partial charge in [-0.3, -0.25) is 9.69 Å². The number of hydrogen-bond donors (Lipinski definition) is 0. The molecule has 0 radical (unpaired) electrons. The Balaban J connectivity index is 2.55. The van der Waals surface area contributed by atoms with Crippen LogP contribution >= 0.6 is 0 Å². The van der Waals surface area contributed by atoms with Gasteiger partial charge >= 0.3 is 5.97 Å². The van der Waals surface area contributed by atoms with Gasteiger partial charge in [-0.15, -0.1) is 0 Å². The summed E-state index contributed by atoms with van der Waals surface area (Å²) >= 11 is 0. The van der Waals surface area contributed by atoms with Crippen molar-refractivity contribution in [3.63, 3.8) is 0 Å². The summed E-state index contributed by atoms with van der Waals surface area (Å²) in [4.78, 5) is 27.0. The van der Waals surface area contributed by atoms with Crippen molar-refractivity contribution in [2.45, 2.75) is 6.92 Å². The molecule has 1 saturated heterocycles. The summed E-state index contributed by atoms with van der Waals surface area (Å²) in [6.07, 6.45) is 4.05. The fourth-order valence-electron chi connectivity index (χ4n) is 2.46. The third-order valence-corrected chi connectivity index (χ3v) is 3.45. The lowest BCUT2D eigenvalue weighted by Crippen LogP contribution is -2.37. The first-order valence-electron chi connectivity index (χ1n) is 7.13. The zero-order chi connectivity index (χ0) is 15.9. The van der Waals surface area contributed by atoms with Gasteiger partial charge in [-0.05, 0) is 19.1 Å². The quantitative estimate of drug-likeness (QED) is 0.613. The fourth-order valence-corrected chi connectivity index (χ4v) is 2.46. The largest absolute Gasteiger partial charge is 0.465 e. The SMILES string of the molecule is CC=CN(C=O)c1c(C(=O)OC)cccc1N1CCOCC1. The molecule has 22 heavy (non-hydrogen) atoms. The van der Waals surface area contributed by atoms with Crippen LogP contribution < -0.4 is 9.80 Å². The van der Waals surface area contributed by atoms with Crippen LogP contribution in [-0.2, 0) is 14.3 Å². The predicted octanol–water partition coefficient (Wildman–Crippen LogP) is 1.81. The number of para-hydroxylation sites is 1. The lowest BCUT2D eigenvalue weighted by Gasteiger charge is -2.32. The highest BCUT2D eigenvalue weighted by molar-refractivity contribution is 6.03. The topological polar surface area (TPSA) is 59.1 Å². The minimum Gasteiger partial charge on any atom is -0.465 e. The van der Waals surface area contributed by atoms with Crippen molar-refractivity contribution in [2.24, 2.45) is 0 Å². The molecule has 1 fully saturated rings. The van der Waals surface area contributed by atoms with Crippen molar-refractivity contribution >= 4 is 23.8 Å². The van der Waals surface area contributed by atoms with E-state index >= 15 is 0 Å². The van der Waals surface area contributed by atoms with Gasteiger partial charge in [0.15, 0.2) is 0 Å². The van der Waals surface area contributed by atoms with Crippen LogP contribution in [0.1, 0.15) is 17.3 Å². The van der Waals surface area contributed by atoms with E-state index < -0.39 is 5.97 Å². The van der Waals surface area contributed by atoms with Gasteiger partial charge in [-0.1, -0.05) is 12.1 Å². The van der Waals surface area contributed by atoms with Crippen LogP contribution in [0.2, 0.25) is 0 Å². The molecular formula is C16H20N2O4. The average Bonchev–Trinajstić information content (AvgIpc) is 2.59. The van der Waals surface area contributed by atoms with Gasteiger partial charge in [0.25, 0.3) is 0 Å². The molecule has 0 aliphatic carbocycles. The molecule has 0 aromatic heterocycles. The fraction of sp³-hybridized carbons (Fsp3) is 0.375. The van der Waals surface area contributed by atoms with E-state index in [1.165, 1.54) is 12.0 Å². The minimum absolute atomic E-state index is 0.358. The summed E-state index contributed by atoms with van der Waals surface area (Å²) in [6.45, 7) is 4.46. The van der Waals surface area contributed by atoms with Crippen molar-refractivity contribution in [1.29, 1.82) is 0 Å². The zero-order valence-corrected chi connectivity index (χ0v) is 12.8. The molecule has 1 aliphatic heterocycles. The van der Waals surface area contributed by atoms with Crippen LogP contribution in [0.25, 0.3) is 0 Å². The number of carbonyl (C=O) groups is 2. The average molecular weight is 304 g/mol. The molecule has 1 amide bonds. The summed E-state index contributed by atoms with van der Waals surface area (Å²) in [5, 5.41) is 0. The molecule has 6 nitrogen and oxygen atoms in total. The number of morpholine rings is 1. The molecule has 0 N–H and O–H groups in total. The van der Waals surface area contributed by atoms with Crippen molar-refractivity contribution < 1.29 is 19.1 Å². The van der Waals surface area contributed by atoms with E-state index in [0.717, 1.165) is 5.69 Å². The summed E-state index contributed by atoms with van der Waals surface area (Å²) in [7, 11) is 1.33. The molecule has 1 heterocycles. The van der Waals surface area contributed by atoms with Gasteiger partial charge in [-0.2, -0.15) is 0 Å². The third kappa shape index (κ3) is 3.28. The number of esters is 1. The molecule has 0 saturated carbocycles. The third-order valence-electron chi connectivity index (χ3n) is 3.45. The Hall–Kier alpha value is -2.34. The second-order valence-corrected chi connectivity index (χ2v) is 4.76. The Bertz CT molecular complexity index is 565. The smallest absolute Gasteiger partial charge is 0.340 e.